The van der Waals surface area contributed by atoms with E-state index in [1.54, 1.807) is 0 Å². The minimum atomic E-state index is 0.989. The summed E-state index contributed by atoms with van der Waals surface area (Å²) in [5.74, 6) is 0. The average Bonchev–Trinajstić information content (AvgIpc) is 2.55. The van der Waals surface area contributed by atoms with Gasteiger partial charge in [-0.25, -0.2) is 0 Å². The molecule has 0 aliphatic heterocycles. The van der Waals surface area contributed by atoms with Crippen LogP contribution >= 0.6 is 15.9 Å². The predicted molar refractivity (Wildman–Crippen MR) is 96.5 cm³/mol. The van der Waals surface area contributed by atoms with Crippen molar-refractivity contribution < 1.29 is 0 Å². The van der Waals surface area contributed by atoms with Crippen molar-refractivity contribution >= 4 is 48.2 Å². The largest absolute Gasteiger partial charge is 0.0924 e. The smallest absolute Gasteiger partial charge is 0.00722 e. The summed E-state index contributed by atoms with van der Waals surface area (Å²) >= 11 is 3.61. The van der Waals surface area contributed by atoms with Gasteiger partial charge in [0, 0.05) is 5.33 Å². The van der Waals surface area contributed by atoms with Crippen LogP contribution in [0.15, 0.2) is 66.7 Å². The Balaban J connectivity index is 2.24. The van der Waals surface area contributed by atoms with Gasteiger partial charge in [-0.15, -0.1) is 0 Å². The molecule has 0 bridgehead atoms. The average molecular weight is 335 g/mol. The third-order valence-corrected chi connectivity index (χ3v) is 4.62. The molecule has 0 amide bonds. The first-order valence-corrected chi connectivity index (χ1v) is 8.39. The van der Waals surface area contributed by atoms with Crippen LogP contribution in [-0.2, 0) is 6.42 Å². The maximum absolute atomic E-state index is 3.61. The molecule has 102 valence electrons. The molecule has 1 heteroatoms. The lowest BCUT2D eigenvalue weighted by Gasteiger charge is -2.12. The Labute approximate surface area is 132 Å². The van der Waals surface area contributed by atoms with E-state index in [-0.39, 0.29) is 0 Å². The SMILES string of the molecule is BrCCc1c2ccccc2cc2c1ccc1ccccc12. The lowest BCUT2D eigenvalue weighted by Crippen LogP contribution is -1.92. The Morgan fingerprint density at radius 1 is 0.619 bits per heavy atom. The van der Waals surface area contributed by atoms with Crippen LogP contribution in [0.3, 0.4) is 0 Å². The highest BCUT2D eigenvalue weighted by Gasteiger charge is 2.09. The molecule has 4 rings (SSSR count). The van der Waals surface area contributed by atoms with Crippen molar-refractivity contribution in [1.29, 1.82) is 0 Å². The molecule has 4 aromatic rings. The summed E-state index contributed by atoms with van der Waals surface area (Å²) in [6.45, 7) is 0. The first-order chi connectivity index (χ1) is 10.4. The van der Waals surface area contributed by atoms with Crippen LogP contribution in [0, 0.1) is 0 Å². The van der Waals surface area contributed by atoms with Crippen LogP contribution in [0.4, 0.5) is 0 Å². The summed E-state index contributed by atoms with van der Waals surface area (Å²) < 4.78 is 0. The number of rotatable bonds is 2. The number of fused-ring (bicyclic) bond motifs is 4. The summed E-state index contributed by atoms with van der Waals surface area (Å²) in [5, 5.41) is 9.09. The van der Waals surface area contributed by atoms with Gasteiger partial charge < -0.3 is 0 Å². The van der Waals surface area contributed by atoms with E-state index in [0.29, 0.717) is 0 Å². The van der Waals surface area contributed by atoms with E-state index in [9.17, 15) is 0 Å². The van der Waals surface area contributed by atoms with Gasteiger partial charge in [-0.3, -0.25) is 0 Å². The standard InChI is InChI=1S/C20H15Br/c21-12-11-19-17-8-4-2-6-15(17)13-20-16-7-3-1-5-14(16)9-10-18(19)20/h1-10,13H,11-12H2. The van der Waals surface area contributed by atoms with Crippen LogP contribution in [0.25, 0.3) is 32.3 Å². The second-order valence-corrected chi connectivity index (χ2v) is 6.19. The summed E-state index contributed by atoms with van der Waals surface area (Å²) in [5.41, 5.74) is 1.45. The molecule has 0 aliphatic carbocycles. The van der Waals surface area contributed by atoms with E-state index in [4.69, 9.17) is 0 Å². The molecule has 0 atom stereocenters. The number of hydrogen-bond acceptors (Lipinski definition) is 0. The summed E-state index contributed by atoms with van der Waals surface area (Å²) in [4.78, 5) is 0. The van der Waals surface area contributed by atoms with Gasteiger partial charge in [0.1, 0.15) is 0 Å². The Morgan fingerprint density at radius 2 is 1.33 bits per heavy atom. The highest BCUT2D eigenvalue weighted by atomic mass is 79.9. The molecule has 0 aromatic heterocycles. The number of aryl methyl sites for hydroxylation is 1. The molecular weight excluding hydrogens is 320 g/mol. The van der Waals surface area contributed by atoms with Gasteiger partial charge in [-0.2, -0.15) is 0 Å². The molecule has 0 radical (unpaired) electrons. The first-order valence-electron chi connectivity index (χ1n) is 7.26. The minimum absolute atomic E-state index is 0.989. The van der Waals surface area contributed by atoms with Crippen LogP contribution < -0.4 is 0 Å². The normalized spacial score (nSPS) is 11.5. The molecule has 4 aromatic carbocycles. The van der Waals surface area contributed by atoms with Crippen LogP contribution in [0.2, 0.25) is 0 Å². The van der Waals surface area contributed by atoms with Gasteiger partial charge in [0.15, 0.2) is 0 Å². The minimum Gasteiger partial charge on any atom is -0.0924 e. The van der Waals surface area contributed by atoms with Gasteiger partial charge in [0.05, 0.1) is 0 Å². The van der Waals surface area contributed by atoms with E-state index < -0.39 is 0 Å². The number of alkyl halides is 1. The van der Waals surface area contributed by atoms with Gasteiger partial charge in [0.2, 0.25) is 0 Å². The van der Waals surface area contributed by atoms with Gasteiger partial charge in [-0.1, -0.05) is 76.6 Å². The van der Waals surface area contributed by atoms with Crippen molar-refractivity contribution in [3.63, 3.8) is 0 Å². The van der Waals surface area contributed by atoms with Crippen molar-refractivity contribution in [2.75, 3.05) is 5.33 Å². The Morgan fingerprint density at radius 3 is 2.14 bits per heavy atom. The predicted octanol–water partition coefficient (Wildman–Crippen LogP) is 6.08. The maximum atomic E-state index is 3.61. The third-order valence-electron chi connectivity index (χ3n) is 4.23. The quantitative estimate of drug-likeness (QED) is 0.236. The molecule has 0 saturated heterocycles. The molecule has 0 spiro atoms. The molecule has 0 aliphatic rings. The molecule has 0 fully saturated rings. The highest BCUT2D eigenvalue weighted by Crippen LogP contribution is 2.33. The summed E-state index contributed by atoms with van der Waals surface area (Å²) in [6.07, 6.45) is 1.05. The Bertz CT molecular complexity index is 954. The first kappa shape index (κ1) is 12.8. The Hall–Kier alpha value is -1.86. The fraction of sp³-hybridized carbons (Fsp3) is 0.100. The van der Waals surface area contributed by atoms with Gasteiger partial charge in [0.25, 0.3) is 0 Å². The number of benzene rings is 4. The van der Waals surface area contributed by atoms with Crippen LogP contribution in [-0.4, -0.2) is 5.33 Å². The van der Waals surface area contributed by atoms with Crippen LogP contribution in [0.5, 0.6) is 0 Å². The highest BCUT2D eigenvalue weighted by molar-refractivity contribution is 9.09. The lowest BCUT2D eigenvalue weighted by molar-refractivity contribution is 1.21. The second kappa shape index (κ2) is 5.16. The van der Waals surface area contributed by atoms with E-state index in [1.807, 2.05) is 0 Å². The molecule has 0 saturated carbocycles. The number of hydrogen-bond donors (Lipinski definition) is 0. The molecule has 0 nitrogen and oxygen atoms in total. The molecule has 0 N–H and O–H groups in total. The van der Waals surface area contributed by atoms with Crippen molar-refractivity contribution in [3.8, 4) is 0 Å². The van der Waals surface area contributed by atoms with E-state index in [2.05, 4.69) is 82.7 Å². The molecule has 0 unspecified atom stereocenters. The van der Waals surface area contributed by atoms with Gasteiger partial charge >= 0.3 is 0 Å². The zero-order chi connectivity index (χ0) is 14.2. The van der Waals surface area contributed by atoms with Crippen molar-refractivity contribution in [2.45, 2.75) is 6.42 Å². The molecule has 21 heavy (non-hydrogen) atoms. The number of halogens is 1. The zero-order valence-electron chi connectivity index (χ0n) is 11.6. The molecule has 0 heterocycles. The van der Waals surface area contributed by atoms with Crippen molar-refractivity contribution in [1.82, 2.24) is 0 Å². The topological polar surface area (TPSA) is 0 Å². The van der Waals surface area contributed by atoms with E-state index >= 15 is 0 Å². The molecular formula is C20H15Br. The van der Waals surface area contributed by atoms with Crippen LogP contribution in [0.1, 0.15) is 5.56 Å². The fourth-order valence-corrected chi connectivity index (χ4v) is 3.67. The van der Waals surface area contributed by atoms with E-state index in [1.165, 1.54) is 37.9 Å². The summed E-state index contributed by atoms with van der Waals surface area (Å²) in [7, 11) is 0. The zero-order valence-corrected chi connectivity index (χ0v) is 13.2. The van der Waals surface area contributed by atoms with Crippen molar-refractivity contribution in [2.24, 2.45) is 0 Å². The lowest BCUT2D eigenvalue weighted by atomic mass is 9.92. The summed E-state index contributed by atoms with van der Waals surface area (Å²) in [6, 6.07) is 24.2. The fourth-order valence-electron chi connectivity index (χ4n) is 3.28. The monoisotopic (exact) mass is 334 g/mol. The van der Waals surface area contributed by atoms with Crippen molar-refractivity contribution in [3.05, 3.63) is 72.3 Å². The van der Waals surface area contributed by atoms with E-state index in [0.717, 1.165) is 11.8 Å². The Kier molecular flexibility index (Phi) is 3.16. The second-order valence-electron chi connectivity index (χ2n) is 5.40. The maximum Gasteiger partial charge on any atom is 0.00722 e. The third kappa shape index (κ3) is 2.04. The van der Waals surface area contributed by atoms with Gasteiger partial charge in [-0.05, 0) is 50.4 Å².